The Morgan fingerprint density at radius 1 is 1.20 bits per heavy atom. The van der Waals surface area contributed by atoms with E-state index in [4.69, 9.17) is 4.74 Å². The summed E-state index contributed by atoms with van der Waals surface area (Å²) < 4.78 is 8.52. The average Bonchev–Trinajstić information content (AvgIpc) is 2.74. The zero-order chi connectivity index (χ0) is 22.3. The minimum atomic E-state index is -0.471. The Morgan fingerprint density at radius 2 is 1.83 bits per heavy atom. The van der Waals surface area contributed by atoms with Crippen LogP contribution in [-0.2, 0) is 6.54 Å². The number of ether oxygens (including phenoxy) is 1. The lowest BCUT2D eigenvalue weighted by molar-refractivity contribution is -0.476. The third kappa shape index (κ3) is 4.89. The smallest absolute Gasteiger partial charge is 0.271 e. The molecule has 30 heavy (non-hydrogen) atoms. The second-order valence-electron chi connectivity index (χ2n) is 6.88. The molecular formula is C21H26N5O4+. The molecule has 2 aromatic rings. The van der Waals surface area contributed by atoms with Crippen molar-refractivity contribution in [3.8, 4) is 11.9 Å². The van der Waals surface area contributed by atoms with Gasteiger partial charge in [0.2, 0.25) is 11.6 Å². The van der Waals surface area contributed by atoms with Crippen LogP contribution in [0.25, 0.3) is 0 Å². The van der Waals surface area contributed by atoms with Crippen molar-refractivity contribution in [2.24, 2.45) is 5.11 Å². The van der Waals surface area contributed by atoms with E-state index in [1.807, 2.05) is 6.07 Å². The van der Waals surface area contributed by atoms with Gasteiger partial charge in [-0.05, 0) is 13.3 Å². The largest absolute Gasteiger partial charge is 0.480 e. The van der Waals surface area contributed by atoms with Crippen molar-refractivity contribution in [1.29, 1.82) is 5.26 Å². The molecule has 0 spiro atoms. The Kier molecular flexibility index (Phi) is 7.81. The van der Waals surface area contributed by atoms with Crippen LogP contribution in [0.3, 0.4) is 0 Å². The molecular weight excluding hydrogens is 386 g/mol. The fourth-order valence-electron chi connectivity index (χ4n) is 3.15. The van der Waals surface area contributed by atoms with Gasteiger partial charge in [0.15, 0.2) is 12.7 Å². The predicted molar refractivity (Wildman–Crippen MR) is 112 cm³/mol. The van der Waals surface area contributed by atoms with Crippen LogP contribution >= 0.6 is 0 Å². The molecule has 0 unspecified atom stereocenters. The number of methoxy groups -OCH3 is 1. The minimum Gasteiger partial charge on any atom is -0.480 e. The van der Waals surface area contributed by atoms with Gasteiger partial charge < -0.3 is 4.74 Å². The van der Waals surface area contributed by atoms with E-state index < -0.39 is 4.92 Å². The van der Waals surface area contributed by atoms with Crippen molar-refractivity contribution in [3.63, 3.8) is 0 Å². The highest BCUT2D eigenvalue weighted by molar-refractivity contribution is 5.59. The van der Waals surface area contributed by atoms with Crippen LogP contribution in [-0.4, -0.2) is 28.3 Å². The van der Waals surface area contributed by atoms with E-state index in [0.717, 1.165) is 25.7 Å². The number of nitrogens with zero attached hydrogens (tertiary/aromatic N) is 5. The summed E-state index contributed by atoms with van der Waals surface area (Å²) in [6, 6.07) is 7.92. The van der Waals surface area contributed by atoms with Gasteiger partial charge in [0.1, 0.15) is 11.6 Å². The van der Waals surface area contributed by atoms with Gasteiger partial charge in [0, 0.05) is 41.5 Å². The maximum atomic E-state index is 12.8. The number of unbranched alkanes of at least 4 members (excludes halogenated alkanes) is 3. The molecule has 0 amide bonds. The van der Waals surface area contributed by atoms with Gasteiger partial charge in [-0.15, -0.1) is 0 Å². The Morgan fingerprint density at radius 3 is 2.37 bits per heavy atom. The fourth-order valence-corrected chi connectivity index (χ4v) is 3.15. The quantitative estimate of drug-likeness (QED) is 0.197. The van der Waals surface area contributed by atoms with Gasteiger partial charge in [-0.2, -0.15) is 5.26 Å². The van der Waals surface area contributed by atoms with Crippen molar-refractivity contribution < 1.29 is 14.4 Å². The van der Waals surface area contributed by atoms with E-state index in [1.165, 1.54) is 28.5 Å². The zero-order valence-corrected chi connectivity index (χ0v) is 17.7. The highest BCUT2D eigenvalue weighted by Gasteiger charge is 2.23. The normalized spacial score (nSPS) is 11.2. The number of hydrogen-bond donors (Lipinski definition) is 0. The molecule has 0 fully saturated rings. The first kappa shape index (κ1) is 22.7. The molecule has 1 aromatic carbocycles. The topological polar surface area (TPSA) is 114 Å². The third-order valence-electron chi connectivity index (χ3n) is 4.86. The van der Waals surface area contributed by atoms with E-state index in [2.05, 4.69) is 12.0 Å². The summed E-state index contributed by atoms with van der Waals surface area (Å²) >= 11 is 0. The van der Waals surface area contributed by atoms with Crippen LogP contribution in [0, 0.1) is 28.4 Å². The van der Waals surface area contributed by atoms with Crippen LogP contribution in [0.15, 0.2) is 34.2 Å². The van der Waals surface area contributed by atoms with Crippen LogP contribution in [0.1, 0.15) is 43.7 Å². The lowest BCUT2D eigenvalue weighted by atomic mass is 10.1. The van der Waals surface area contributed by atoms with Crippen molar-refractivity contribution in [2.75, 3.05) is 14.2 Å². The molecule has 0 aliphatic carbocycles. The van der Waals surface area contributed by atoms with Crippen molar-refractivity contribution in [2.45, 2.75) is 46.1 Å². The number of benzene rings is 1. The van der Waals surface area contributed by atoms with E-state index in [9.17, 15) is 20.2 Å². The third-order valence-corrected chi connectivity index (χ3v) is 4.86. The summed E-state index contributed by atoms with van der Waals surface area (Å²) in [5.74, 6) is 0.293. The number of non-ortho nitro benzene ring substituents is 1. The number of hydrogen-bond acceptors (Lipinski definition) is 6. The molecule has 158 valence electrons. The standard InChI is InChI=1S/C21H26N5O4/c1-5-6-7-8-13-25-20(27)18(14-22)15(2)19(21(25)30-4)23-24(3)16-9-11-17(12-10-16)26(28)29/h9-12H,5-8,13H2,1-4H3/q+1. The predicted octanol–water partition coefficient (Wildman–Crippen LogP) is 4.58. The Labute approximate surface area is 175 Å². The number of aromatic nitrogens is 1. The molecule has 0 N–H and O–H groups in total. The number of pyridine rings is 1. The second-order valence-corrected chi connectivity index (χ2v) is 6.88. The van der Waals surface area contributed by atoms with Crippen LogP contribution < -0.4 is 10.3 Å². The van der Waals surface area contributed by atoms with E-state index in [-0.39, 0.29) is 16.8 Å². The highest BCUT2D eigenvalue weighted by atomic mass is 16.6. The summed E-state index contributed by atoms with van der Waals surface area (Å²) in [4.78, 5) is 23.2. The molecule has 0 atom stereocenters. The van der Waals surface area contributed by atoms with Gasteiger partial charge in [0.25, 0.3) is 11.2 Å². The summed E-state index contributed by atoms with van der Waals surface area (Å²) in [5.41, 5.74) is 1.04. The number of nitro benzene ring substituents is 1. The van der Waals surface area contributed by atoms with Gasteiger partial charge in [-0.1, -0.05) is 30.9 Å². The Balaban J connectivity index is 2.57. The second kappa shape index (κ2) is 10.3. The van der Waals surface area contributed by atoms with Crippen LogP contribution in [0.4, 0.5) is 17.1 Å². The van der Waals surface area contributed by atoms with E-state index in [1.54, 1.807) is 26.1 Å². The van der Waals surface area contributed by atoms with Crippen molar-refractivity contribution in [1.82, 2.24) is 4.57 Å². The number of azo groups is 2. The number of nitro groups is 1. The summed E-state index contributed by atoms with van der Waals surface area (Å²) in [5, 5.41) is 24.9. The van der Waals surface area contributed by atoms with Crippen LogP contribution in [0.5, 0.6) is 5.88 Å². The SMILES string of the molecule is CCCCCCn1c(OC)c(N=[N+](C)c2ccc([N+](=O)[O-])cc2)c(C)c(C#N)c1=O. The molecule has 0 bridgehead atoms. The molecule has 0 aliphatic rings. The Hall–Kier alpha value is -3.54. The lowest BCUT2D eigenvalue weighted by Crippen LogP contribution is -2.25. The van der Waals surface area contributed by atoms with Crippen molar-refractivity contribution in [3.05, 3.63) is 55.9 Å². The number of nitriles is 1. The van der Waals surface area contributed by atoms with Gasteiger partial charge in [-0.25, -0.2) is 0 Å². The minimum absolute atomic E-state index is 0.0201. The summed E-state index contributed by atoms with van der Waals surface area (Å²) in [6.07, 6.45) is 3.89. The average molecular weight is 412 g/mol. The first-order chi connectivity index (χ1) is 14.3. The molecule has 2 rings (SSSR count). The molecule has 9 nitrogen and oxygen atoms in total. The van der Waals surface area contributed by atoms with Gasteiger partial charge in [0.05, 0.1) is 12.0 Å². The zero-order valence-electron chi connectivity index (χ0n) is 17.7. The molecule has 0 aliphatic heterocycles. The monoisotopic (exact) mass is 412 g/mol. The van der Waals surface area contributed by atoms with E-state index in [0.29, 0.717) is 29.4 Å². The molecule has 0 radical (unpaired) electrons. The first-order valence-corrected chi connectivity index (χ1v) is 9.77. The molecule has 0 saturated heterocycles. The van der Waals surface area contributed by atoms with Crippen LogP contribution in [0.2, 0.25) is 0 Å². The summed E-state index contributed by atoms with van der Waals surface area (Å²) in [6.45, 7) is 4.20. The maximum Gasteiger partial charge on any atom is 0.271 e. The maximum absolute atomic E-state index is 12.8. The van der Waals surface area contributed by atoms with Crippen molar-refractivity contribution >= 4 is 17.1 Å². The van der Waals surface area contributed by atoms with E-state index >= 15 is 0 Å². The molecule has 1 aromatic heterocycles. The first-order valence-electron chi connectivity index (χ1n) is 9.77. The fraction of sp³-hybridized carbons (Fsp3) is 0.429. The molecule has 1 heterocycles. The lowest BCUT2D eigenvalue weighted by Gasteiger charge is -2.15. The number of rotatable bonds is 9. The van der Waals surface area contributed by atoms with Gasteiger partial charge in [-0.3, -0.25) is 19.5 Å². The Bertz CT molecular complexity index is 1050. The van der Waals surface area contributed by atoms with Gasteiger partial charge >= 0.3 is 0 Å². The summed E-state index contributed by atoms with van der Waals surface area (Å²) in [7, 11) is 3.15. The highest BCUT2D eigenvalue weighted by Crippen LogP contribution is 2.33. The molecule has 0 saturated carbocycles. The molecule has 9 heteroatoms.